The number of ether oxygens (including phenoxy) is 2. The molecule has 1 aromatic carbocycles. The fourth-order valence-electron chi connectivity index (χ4n) is 2.99. The fraction of sp³-hybridized carbons (Fsp3) is 0.389. The van der Waals surface area contributed by atoms with E-state index in [9.17, 15) is 9.59 Å². The molecule has 0 fully saturated rings. The van der Waals surface area contributed by atoms with Gasteiger partial charge in [-0.1, -0.05) is 24.8 Å². The molecule has 2 heterocycles. The topological polar surface area (TPSA) is 93.3 Å². The van der Waals surface area contributed by atoms with Crippen LogP contribution in [0.1, 0.15) is 36.8 Å². The van der Waals surface area contributed by atoms with E-state index >= 15 is 0 Å². The predicted molar refractivity (Wildman–Crippen MR) is 101 cm³/mol. The Hall–Kier alpha value is -2.48. The minimum absolute atomic E-state index is 0.155. The Balaban J connectivity index is 2.09. The molecule has 1 amide bonds. The number of benzene rings is 1. The zero-order chi connectivity index (χ0) is 18.7. The van der Waals surface area contributed by atoms with Gasteiger partial charge in [-0.2, -0.15) is 0 Å². The summed E-state index contributed by atoms with van der Waals surface area (Å²) in [5, 5.41) is 3.24. The largest absolute Gasteiger partial charge is 0.497 e. The number of nitrogens with one attached hydrogen (secondary N) is 2. The van der Waals surface area contributed by atoms with Crippen molar-refractivity contribution in [1.82, 2.24) is 9.97 Å². The summed E-state index contributed by atoms with van der Waals surface area (Å²) in [6, 6.07) is 5.36. The first-order valence-corrected chi connectivity index (χ1v) is 9.34. The zero-order valence-corrected chi connectivity index (χ0v) is 15.7. The lowest BCUT2D eigenvalue weighted by Crippen LogP contribution is -2.31. The molecule has 0 unspecified atom stereocenters. The van der Waals surface area contributed by atoms with Crippen LogP contribution in [-0.2, 0) is 4.79 Å². The highest BCUT2D eigenvalue weighted by molar-refractivity contribution is 7.99. The maximum atomic E-state index is 12.7. The molecule has 0 spiro atoms. The summed E-state index contributed by atoms with van der Waals surface area (Å²) in [6.07, 6.45) is 1.12. The Kier molecular flexibility index (Phi) is 5.51. The van der Waals surface area contributed by atoms with Crippen molar-refractivity contribution in [1.29, 1.82) is 0 Å². The van der Waals surface area contributed by atoms with Gasteiger partial charge in [0.1, 0.15) is 17.3 Å². The lowest BCUT2D eigenvalue weighted by molar-refractivity contribution is -0.116. The molecule has 2 aromatic rings. The normalized spacial score (nSPS) is 16.0. The molecular weight excluding hydrogens is 354 g/mol. The highest BCUT2D eigenvalue weighted by atomic mass is 32.2. The Morgan fingerprint density at radius 2 is 2.08 bits per heavy atom. The van der Waals surface area contributed by atoms with Crippen molar-refractivity contribution >= 4 is 23.5 Å². The second-order valence-electron chi connectivity index (χ2n) is 5.89. The average molecular weight is 375 g/mol. The van der Waals surface area contributed by atoms with Gasteiger partial charge in [-0.05, 0) is 12.5 Å². The lowest BCUT2D eigenvalue weighted by atomic mass is 9.86. The summed E-state index contributed by atoms with van der Waals surface area (Å²) in [5.74, 6) is 1.77. The summed E-state index contributed by atoms with van der Waals surface area (Å²) in [7, 11) is 3.12. The van der Waals surface area contributed by atoms with E-state index in [1.54, 1.807) is 26.4 Å². The molecule has 0 saturated heterocycles. The van der Waals surface area contributed by atoms with Crippen LogP contribution in [0.3, 0.4) is 0 Å². The first kappa shape index (κ1) is 18.3. The molecule has 8 heteroatoms. The number of carbonyl (C=O) groups excluding carboxylic acids is 1. The molecule has 0 radical (unpaired) electrons. The molecule has 0 bridgehead atoms. The fourth-order valence-corrected chi connectivity index (χ4v) is 3.71. The number of aromatic nitrogens is 2. The number of amides is 1. The van der Waals surface area contributed by atoms with Gasteiger partial charge in [0.05, 0.1) is 19.8 Å². The van der Waals surface area contributed by atoms with Crippen molar-refractivity contribution in [3.8, 4) is 11.5 Å². The maximum absolute atomic E-state index is 12.7. The summed E-state index contributed by atoms with van der Waals surface area (Å²) in [6.45, 7) is 2.05. The predicted octanol–water partition coefficient (Wildman–Crippen LogP) is 2.76. The third-order valence-corrected chi connectivity index (χ3v) is 5.27. The quantitative estimate of drug-likeness (QED) is 0.596. The number of fused-ring (bicyclic) bond motifs is 1. The molecule has 138 valence electrons. The highest BCUT2D eigenvalue weighted by Crippen LogP contribution is 2.39. The van der Waals surface area contributed by atoms with Crippen LogP contribution in [0, 0.1) is 0 Å². The van der Waals surface area contributed by atoms with Crippen LogP contribution < -0.4 is 20.3 Å². The molecule has 26 heavy (non-hydrogen) atoms. The molecule has 1 atom stereocenters. The van der Waals surface area contributed by atoms with Crippen LogP contribution in [0.15, 0.2) is 28.2 Å². The number of nitrogens with zero attached hydrogens (tertiary/aromatic N) is 1. The number of rotatable bonds is 6. The summed E-state index contributed by atoms with van der Waals surface area (Å²) >= 11 is 1.46. The van der Waals surface area contributed by atoms with Crippen LogP contribution in [-0.4, -0.2) is 35.8 Å². The minimum atomic E-state index is -0.430. The van der Waals surface area contributed by atoms with Gasteiger partial charge in [0.25, 0.3) is 5.56 Å². The molecule has 3 rings (SSSR count). The molecule has 0 saturated carbocycles. The molecule has 1 aromatic heterocycles. The van der Waals surface area contributed by atoms with Crippen LogP contribution in [0.5, 0.6) is 11.5 Å². The van der Waals surface area contributed by atoms with Gasteiger partial charge >= 0.3 is 0 Å². The van der Waals surface area contributed by atoms with Crippen LogP contribution in [0.4, 0.5) is 5.82 Å². The third kappa shape index (κ3) is 3.55. The third-order valence-electron chi connectivity index (χ3n) is 4.19. The summed E-state index contributed by atoms with van der Waals surface area (Å²) in [5.41, 5.74) is 0.969. The number of hydrogen-bond acceptors (Lipinski definition) is 6. The van der Waals surface area contributed by atoms with Gasteiger partial charge < -0.3 is 19.8 Å². The Morgan fingerprint density at radius 3 is 2.77 bits per heavy atom. The number of H-pyrrole nitrogens is 1. The number of carbonyl (C=O) groups is 1. The molecule has 1 aliphatic rings. The SMILES string of the molecule is CCCSc1nc2c(c(=O)[nH]1)[C@@H](c1ccc(OC)cc1OC)CC(=O)N2. The minimum Gasteiger partial charge on any atom is -0.497 e. The molecular formula is C18H21N3O4S. The zero-order valence-electron chi connectivity index (χ0n) is 14.9. The van der Waals surface area contributed by atoms with Crippen LogP contribution >= 0.6 is 11.8 Å². The molecule has 2 N–H and O–H groups in total. The van der Waals surface area contributed by atoms with Gasteiger partial charge in [0.15, 0.2) is 5.16 Å². The molecule has 1 aliphatic heterocycles. The number of thioether (sulfide) groups is 1. The monoisotopic (exact) mass is 375 g/mol. The van der Waals surface area contributed by atoms with E-state index in [1.807, 2.05) is 6.07 Å². The van der Waals surface area contributed by atoms with E-state index in [2.05, 4.69) is 22.2 Å². The summed E-state index contributed by atoms with van der Waals surface area (Å²) < 4.78 is 10.7. The van der Waals surface area contributed by atoms with Crippen molar-refractivity contribution < 1.29 is 14.3 Å². The van der Waals surface area contributed by atoms with Crippen molar-refractivity contribution in [3.05, 3.63) is 39.7 Å². The maximum Gasteiger partial charge on any atom is 0.257 e. The van der Waals surface area contributed by atoms with Crippen molar-refractivity contribution in [2.75, 3.05) is 25.3 Å². The van der Waals surface area contributed by atoms with Crippen LogP contribution in [0.25, 0.3) is 0 Å². The van der Waals surface area contributed by atoms with Crippen molar-refractivity contribution in [2.24, 2.45) is 0 Å². The Labute approximate surface area is 155 Å². The van der Waals surface area contributed by atoms with Gasteiger partial charge in [-0.15, -0.1) is 0 Å². The number of aromatic amines is 1. The average Bonchev–Trinajstić information content (AvgIpc) is 2.64. The first-order chi connectivity index (χ1) is 12.6. The van der Waals surface area contributed by atoms with Crippen molar-refractivity contribution in [2.45, 2.75) is 30.8 Å². The second-order valence-corrected chi connectivity index (χ2v) is 6.98. The van der Waals surface area contributed by atoms with E-state index in [4.69, 9.17) is 9.47 Å². The van der Waals surface area contributed by atoms with Crippen molar-refractivity contribution in [3.63, 3.8) is 0 Å². The molecule has 7 nitrogen and oxygen atoms in total. The Morgan fingerprint density at radius 1 is 1.27 bits per heavy atom. The second kappa shape index (κ2) is 7.82. The van der Waals surface area contributed by atoms with E-state index in [-0.39, 0.29) is 17.9 Å². The number of anilines is 1. The van der Waals surface area contributed by atoms with E-state index in [0.717, 1.165) is 17.7 Å². The number of hydrogen-bond donors (Lipinski definition) is 2. The number of methoxy groups -OCH3 is 2. The Bertz CT molecular complexity index is 881. The molecule has 0 aliphatic carbocycles. The van der Waals surface area contributed by atoms with E-state index in [1.165, 1.54) is 11.8 Å². The van der Waals surface area contributed by atoms with E-state index in [0.29, 0.717) is 28.0 Å². The first-order valence-electron chi connectivity index (χ1n) is 8.36. The van der Waals surface area contributed by atoms with E-state index < -0.39 is 5.92 Å². The van der Waals surface area contributed by atoms with Gasteiger partial charge in [-0.3, -0.25) is 9.59 Å². The van der Waals surface area contributed by atoms with Crippen LogP contribution in [0.2, 0.25) is 0 Å². The van der Waals surface area contributed by atoms with Gasteiger partial charge in [0, 0.05) is 29.7 Å². The highest BCUT2D eigenvalue weighted by Gasteiger charge is 2.32. The summed E-state index contributed by atoms with van der Waals surface area (Å²) in [4.78, 5) is 32.2. The standard InChI is InChI=1S/C18H21N3O4S/c1-4-7-26-18-20-16-15(17(23)21-18)12(9-14(22)19-16)11-6-5-10(24-2)8-13(11)25-3/h5-6,8,12H,4,7,9H2,1-3H3,(H2,19,20,21,22,23)/t12-/m1/s1. The lowest BCUT2D eigenvalue weighted by Gasteiger charge is -2.26. The smallest absolute Gasteiger partial charge is 0.257 e. The van der Waals surface area contributed by atoms with Gasteiger partial charge in [0.2, 0.25) is 5.91 Å². The van der Waals surface area contributed by atoms with Gasteiger partial charge in [-0.25, -0.2) is 4.98 Å².